The molecule has 1 fully saturated rings. The van der Waals surface area contributed by atoms with Crippen molar-refractivity contribution in [3.8, 4) is 0 Å². The SMILES string of the molecule is CN=C(NCC1CCCCO1)N(C)Cc1cccn1C.I. The van der Waals surface area contributed by atoms with Gasteiger partial charge in [0.25, 0.3) is 0 Å². The summed E-state index contributed by atoms with van der Waals surface area (Å²) in [6.45, 7) is 2.57. The van der Waals surface area contributed by atoms with Crippen LogP contribution in [-0.2, 0) is 18.3 Å². The van der Waals surface area contributed by atoms with Crippen LogP contribution in [-0.4, -0.2) is 48.8 Å². The normalized spacial score (nSPS) is 19.0. The molecule has 2 heterocycles. The van der Waals surface area contributed by atoms with Gasteiger partial charge in [-0.1, -0.05) is 0 Å². The summed E-state index contributed by atoms with van der Waals surface area (Å²) in [6, 6.07) is 4.20. The molecule has 1 N–H and O–H groups in total. The van der Waals surface area contributed by atoms with Gasteiger partial charge in [-0.3, -0.25) is 4.99 Å². The lowest BCUT2D eigenvalue weighted by Gasteiger charge is -2.27. The van der Waals surface area contributed by atoms with E-state index in [2.05, 4.69) is 52.2 Å². The Morgan fingerprint density at radius 2 is 2.33 bits per heavy atom. The molecule has 0 spiro atoms. The second kappa shape index (κ2) is 9.30. The summed E-state index contributed by atoms with van der Waals surface area (Å²) in [7, 11) is 5.95. The number of nitrogens with zero attached hydrogens (tertiary/aromatic N) is 3. The lowest BCUT2D eigenvalue weighted by molar-refractivity contribution is 0.0191. The number of aromatic nitrogens is 1. The van der Waals surface area contributed by atoms with Crippen LogP contribution < -0.4 is 5.32 Å². The number of aryl methyl sites for hydroxylation is 1. The molecule has 6 heteroatoms. The first-order chi connectivity index (χ1) is 9.70. The minimum absolute atomic E-state index is 0. The lowest BCUT2D eigenvalue weighted by Crippen LogP contribution is -2.43. The third kappa shape index (κ3) is 5.50. The Hall–Kier alpha value is -0.760. The molecular weight excluding hydrogens is 379 g/mol. The van der Waals surface area contributed by atoms with Gasteiger partial charge in [-0.2, -0.15) is 0 Å². The summed E-state index contributed by atoms with van der Waals surface area (Å²) < 4.78 is 7.87. The number of halogens is 1. The molecule has 120 valence electrons. The maximum absolute atomic E-state index is 5.74. The zero-order valence-corrected chi connectivity index (χ0v) is 15.5. The predicted octanol–water partition coefficient (Wildman–Crippen LogP) is 2.22. The van der Waals surface area contributed by atoms with E-state index >= 15 is 0 Å². The molecule has 1 aromatic rings. The van der Waals surface area contributed by atoms with Crippen molar-refractivity contribution in [3.63, 3.8) is 0 Å². The van der Waals surface area contributed by atoms with Crippen LogP contribution in [0.3, 0.4) is 0 Å². The molecule has 1 aliphatic heterocycles. The van der Waals surface area contributed by atoms with Gasteiger partial charge in [0.1, 0.15) is 0 Å². The second-order valence-electron chi connectivity index (χ2n) is 5.38. The molecule has 0 saturated carbocycles. The third-order valence-electron chi connectivity index (χ3n) is 3.79. The third-order valence-corrected chi connectivity index (χ3v) is 3.79. The number of hydrogen-bond acceptors (Lipinski definition) is 2. The highest BCUT2D eigenvalue weighted by molar-refractivity contribution is 14.0. The van der Waals surface area contributed by atoms with E-state index in [1.165, 1.54) is 18.5 Å². The van der Waals surface area contributed by atoms with Crippen LogP contribution in [0.1, 0.15) is 25.0 Å². The van der Waals surface area contributed by atoms with Gasteiger partial charge in [0.05, 0.1) is 12.6 Å². The number of nitrogens with one attached hydrogen (secondary N) is 1. The number of ether oxygens (including phenoxy) is 1. The zero-order chi connectivity index (χ0) is 14.4. The first-order valence-electron chi connectivity index (χ1n) is 7.34. The largest absolute Gasteiger partial charge is 0.376 e. The van der Waals surface area contributed by atoms with Crippen molar-refractivity contribution in [1.82, 2.24) is 14.8 Å². The molecule has 0 aromatic carbocycles. The highest BCUT2D eigenvalue weighted by Crippen LogP contribution is 2.11. The second-order valence-corrected chi connectivity index (χ2v) is 5.38. The van der Waals surface area contributed by atoms with Gasteiger partial charge in [-0.25, -0.2) is 0 Å². The highest BCUT2D eigenvalue weighted by atomic mass is 127. The Morgan fingerprint density at radius 1 is 1.52 bits per heavy atom. The van der Waals surface area contributed by atoms with E-state index in [1.54, 1.807) is 0 Å². The average Bonchev–Trinajstić information content (AvgIpc) is 2.86. The van der Waals surface area contributed by atoms with E-state index in [-0.39, 0.29) is 24.0 Å². The standard InChI is InChI=1S/C15H26N4O.HI/c1-16-15(17-11-14-8-4-5-10-20-14)19(3)12-13-7-6-9-18(13)2;/h6-7,9,14H,4-5,8,10-12H2,1-3H3,(H,16,17);1H. The van der Waals surface area contributed by atoms with E-state index in [0.29, 0.717) is 6.10 Å². The van der Waals surface area contributed by atoms with Crippen molar-refractivity contribution in [3.05, 3.63) is 24.0 Å². The van der Waals surface area contributed by atoms with Crippen molar-refractivity contribution in [2.24, 2.45) is 12.0 Å². The van der Waals surface area contributed by atoms with E-state index in [4.69, 9.17) is 4.74 Å². The zero-order valence-electron chi connectivity index (χ0n) is 13.2. The summed E-state index contributed by atoms with van der Waals surface area (Å²) in [5.41, 5.74) is 1.27. The maximum atomic E-state index is 5.74. The van der Waals surface area contributed by atoms with E-state index in [0.717, 1.165) is 32.1 Å². The van der Waals surface area contributed by atoms with Crippen LogP contribution in [0, 0.1) is 0 Å². The van der Waals surface area contributed by atoms with Crippen molar-refractivity contribution in [2.75, 3.05) is 27.2 Å². The van der Waals surface area contributed by atoms with Crippen LogP contribution in [0.2, 0.25) is 0 Å². The number of hydrogen-bond donors (Lipinski definition) is 1. The Balaban J connectivity index is 0.00000220. The van der Waals surface area contributed by atoms with Crippen molar-refractivity contribution in [1.29, 1.82) is 0 Å². The number of aliphatic imine (C=N–C) groups is 1. The Labute approximate surface area is 144 Å². The van der Waals surface area contributed by atoms with Gasteiger partial charge in [0, 0.05) is 46.2 Å². The molecule has 0 amide bonds. The topological polar surface area (TPSA) is 41.8 Å². The van der Waals surface area contributed by atoms with Gasteiger partial charge < -0.3 is 19.5 Å². The highest BCUT2D eigenvalue weighted by Gasteiger charge is 2.15. The molecular formula is C15H27IN4O. The van der Waals surface area contributed by atoms with Crippen LogP contribution in [0.15, 0.2) is 23.3 Å². The first kappa shape index (κ1) is 18.3. The molecule has 1 unspecified atom stereocenters. The summed E-state index contributed by atoms with van der Waals surface area (Å²) in [5.74, 6) is 0.917. The molecule has 0 aliphatic carbocycles. The van der Waals surface area contributed by atoms with E-state index in [1.807, 2.05) is 7.05 Å². The van der Waals surface area contributed by atoms with Crippen LogP contribution in [0.5, 0.6) is 0 Å². The van der Waals surface area contributed by atoms with Gasteiger partial charge in [-0.05, 0) is 31.4 Å². The summed E-state index contributed by atoms with van der Waals surface area (Å²) in [5, 5.41) is 3.41. The minimum atomic E-state index is 0. The molecule has 0 radical (unpaired) electrons. The molecule has 2 rings (SSSR count). The minimum Gasteiger partial charge on any atom is -0.376 e. The molecule has 1 saturated heterocycles. The molecule has 1 atom stereocenters. The van der Waals surface area contributed by atoms with E-state index in [9.17, 15) is 0 Å². The smallest absolute Gasteiger partial charge is 0.193 e. The van der Waals surface area contributed by atoms with Crippen LogP contribution in [0.4, 0.5) is 0 Å². The summed E-state index contributed by atoms with van der Waals surface area (Å²) in [6.07, 6.45) is 5.99. The lowest BCUT2D eigenvalue weighted by atomic mass is 10.1. The summed E-state index contributed by atoms with van der Waals surface area (Å²) >= 11 is 0. The van der Waals surface area contributed by atoms with Gasteiger partial charge in [0.2, 0.25) is 0 Å². The fourth-order valence-electron chi connectivity index (χ4n) is 2.54. The van der Waals surface area contributed by atoms with Gasteiger partial charge >= 0.3 is 0 Å². The van der Waals surface area contributed by atoms with E-state index < -0.39 is 0 Å². The fraction of sp³-hybridized carbons (Fsp3) is 0.667. The Bertz CT molecular complexity index is 441. The molecule has 1 aliphatic rings. The first-order valence-corrected chi connectivity index (χ1v) is 7.34. The molecule has 1 aromatic heterocycles. The average molecular weight is 406 g/mol. The van der Waals surface area contributed by atoms with Crippen LogP contribution in [0.25, 0.3) is 0 Å². The fourth-order valence-corrected chi connectivity index (χ4v) is 2.54. The van der Waals surface area contributed by atoms with Crippen molar-refractivity contribution in [2.45, 2.75) is 31.9 Å². The maximum Gasteiger partial charge on any atom is 0.193 e. The van der Waals surface area contributed by atoms with Crippen molar-refractivity contribution < 1.29 is 4.74 Å². The molecule has 5 nitrogen and oxygen atoms in total. The number of guanidine groups is 1. The van der Waals surface area contributed by atoms with Crippen LogP contribution >= 0.6 is 24.0 Å². The monoisotopic (exact) mass is 406 g/mol. The van der Waals surface area contributed by atoms with Crippen molar-refractivity contribution >= 4 is 29.9 Å². The van der Waals surface area contributed by atoms with Gasteiger partial charge in [-0.15, -0.1) is 24.0 Å². The molecule has 0 bridgehead atoms. The Kier molecular flexibility index (Phi) is 8.10. The number of rotatable bonds is 4. The quantitative estimate of drug-likeness (QED) is 0.474. The summed E-state index contributed by atoms with van der Waals surface area (Å²) in [4.78, 5) is 6.49. The molecule has 21 heavy (non-hydrogen) atoms. The Morgan fingerprint density at radius 3 is 2.90 bits per heavy atom. The van der Waals surface area contributed by atoms with Gasteiger partial charge in [0.15, 0.2) is 5.96 Å². The predicted molar refractivity (Wildman–Crippen MR) is 97.2 cm³/mol.